The van der Waals surface area contributed by atoms with Crippen LogP contribution >= 0.6 is 0 Å². The van der Waals surface area contributed by atoms with Gasteiger partial charge in [0.15, 0.2) is 0 Å². The molecule has 19 heavy (non-hydrogen) atoms. The summed E-state index contributed by atoms with van der Waals surface area (Å²) >= 11 is 0. The maximum absolute atomic E-state index is 10.9. The second kappa shape index (κ2) is 14.0. The minimum Gasteiger partial charge on any atom is -0.317 e. The number of nitrogens with zero attached hydrogens (tertiary/aromatic N) is 1. The molecule has 1 rings (SSSR count). The average molecular weight is 270 g/mol. The second-order valence-electron chi connectivity index (χ2n) is 5.34. The maximum Gasteiger partial charge on any atom is 0.135 e. The number of rotatable bonds is 8. The number of ketones is 1. The highest BCUT2D eigenvalue weighted by Gasteiger charge is 2.14. The zero-order chi connectivity index (χ0) is 14.3. The van der Waals surface area contributed by atoms with Crippen molar-refractivity contribution >= 4 is 5.78 Å². The number of likely N-dealkylation sites (tertiary alicyclic amines) is 1. The number of hydrogen-bond acceptors (Lipinski definition) is 3. The van der Waals surface area contributed by atoms with E-state index in [2.05, 4.69) is 31.0 Å². The smallest absolute Gasteiger partial charge is 0.135 e. The molecule has 0 unspecified atom stereocenters. The molecule has 0 radical (unpaired) electrons. The van der Waals surface area contributed by atoms with Crippen molar-refractivity contribution in [3.63, 3.8) is 0 Å². The van der Waals surface area contributed by atoms with Crippen LogP contribution in [0.3, 0.4) is 0 Å². The number of nitrogens with one attached hydrogen (secondary N) is 1. The lowest BCUT2D eigenvalue weighted by Crippen LogP contribution is -2.34. The van der Waals surface area contributed by atoms with Crippen molar-refractivity contribution in [3.8, 4) is 0 Å². The molecule has 0 aromatic heterocycles. The van der Waals surface area contributed by atoms with Crippen molar-refractivity contribution in [2.45, 2.75) is 65.7 Å². The van der Waals surface area contributed by atoms with Gasteiger partial charge in [-0.3, -0.25) is 4.79 Å². The largest absolute Gasteiger partial charge is 0.317 e. The molecule has 0 saturated carbocycles. The van der Waals surface area contributed by atoms with E-state index in [1.54, 1.807) is 0 Å². The Morgan fingerprint density at radius 3 is 2.00 bits per heavy atom. The van der Waals surface area contributed by atoms with Crippen LogP contribution < -0.4 is 5.32 Å². The van der Waals surface area contributed by atoms with E-state index in [0.29, 0.717) is 5.78 Å². The fraction of sp³-hybridized carbons (Fsp3) is 0.938. The molecule has 1 aliphatic rings. The van der Waals surface area contributed by atoms with Crippen LogP contribution in [0.25, 0.3) is 0 Å². The third kappa shape index (κ3) is 12.4. The Hall–Kier alpha value is -0.410. The second-order valence-corrected chi connectivity index (χ2v) is 5.34. The highest BCUT2D eigenvalue weighted by molar-refractivity contribution is 5.79. The van der Waals surface area contributed by atoms with Gasteiger partial charge in [-0.05, 0) is 38.9 Å². The first-order valence-corrected chi connectivity index (χ1v) is 8.19. The molecule has 3 heteroatoms. The first-order chi connectivity index (χ1) is 9.24. The van der Waals surface area contributed by atoms with Gasteiger partial charge in [-0.25, -0.2) is 0 Å². The predicted octanol–water partition coefficient (Wildman–Crippen LogP) is 3.24. The van der Waals surface area contributed by atoms with Crippen molar-refractivity contribution in [1.29, 1.82) is 0 Å². The van der Waals surface area contributed by atoms with Crippen molar-refractivity contribution < 1.29 is 4.79 Å². The van der Waals surface area contributed by atoms with Gasteiger partial charge in [0.1, 0.15) is 5.78 Å². The van der Waals surface area contributed by atoms with Gasteiger partial charge in [-0.2, -0.15) is 0 Å². The molecule has 0 aromatic carbocycles. The Kier molecular flexibility index (Phi) is 13.7. The summed E-state index contributed by atoms with van der Waals surface area (Å²) in [5.41, 5.74) is 0. The summed E-state index contributed by atoms with van der Waals surface area (Å²) in [5.74, 6) is 0.446. The normalized spacial score (nSPS) is 16.1. The summed E-state index contributed by atoms with van der Waals surface area (Å²) in [6.07, 6.45) is 7.97. The Bertz CT molecular complexity index is 193. The van der Waals surface area contributed by atoms with Gasteiger partial charge in [0.05, 0.1) is 0 Å². The van der Waals surface area contributed by atoms with Crippen LogP contribution in [0.15, 0.2) is 0 Å². The van der Waals surface area contributed by atoms with Crippen molar-refractivity contribution in [2.24, 2.45) is 0 Å². The summed E-state index contributed by atoms with van der Waals surface area (Å²) in [7, 11) is 0. The molecule has 1 fully saturated rings. The molecular formula is C16H34N2O. The van der Waals surface area contributed by atoms with E-state index >= 15 is 0 Å². The van der Waals surface area contributed by atoms with Gasteiger partial charge in [0.25, 0.3) is 0 Å². The quantitative estimate of drug-likeness (QED) is 0.687. The predicted molar refractivity (Wildman–Crippen MR) is 83.7 cm³/mol. The summed E-state index contributed by atoms with van der Waals surface area (Å²) in [4.78, 5) is 13.3. The number of carbonyl (C=O) groups excluding carboxylic acids is 1. The van der Waals surface area contributed by atoms with Gasteiger partial charge in [-0.1, -0.05) is 33.6 Å². The summed E-state index contributed by atoms with van der Waals surface area (Å²) in [6, 6.07) is 0. The molecule has 0 atom stereocenters. The lowest BCUT2D eigenvalue weighted by atomic mass is 10.1. The maximum atomic E-state index is 10.9. The highest BCUT2D eigenvalue weighted by atomic mass is 16.1. The highest BCUT2D eigenvalue weighted by Crippen LogP contribution is 2.07. The van der Waals surface area contributed by atoms with Crippen LogP contribution in [-0.2, 0) is 4.79 Å². The first-order valence-electron chi connectivity index (χ1n) is 8.19. The molecule has 0 bridgehead atoms. The number of unbranched alkanes of at least 4 members (excludes halogenated alkanes) is 2. The van der Waals surface area contributed by atoms with Crippen LogP contribution in [0.2, 0.25) is 0 Å². The molecular weight excluding hydrogens is 236 g/mol. The number of carbonyl (C=O) groups is 1. The molecule has 0 amide bonds. The van der Waals surface area contributed by atoms with Gasteiger partial charge in [0, 0.05) is 25.9 Å². The zero-order valence-electron chi connectivity index (χ0n) is 13.3. The topological polar surface area (TPSA) is 32.3 Å². The van der Waals surface area contributed by atoms with Crippen molar-refractivity contribution in [2.75, 3.05) is 32.7 Å². The van der Waals surface area contributed by atoms with Gasteiger partial charge in [0.2, 0.25) is 0 Å². The van der Waals surface area contributed by atoms with Gasteiger partial charge >= 0.3 is 0 Å². The van der Waals surface area contributed by atoms with E-state index in [1.165, 1.54) is 51.7 Å². The summed E-state index contributed by atoms with van der Waals surface area (Å²) in [5, 5.41) is 3.28. The van der Waals surface area contributed by atoms with Crippen molar-refractivity contribution in [1.82, 2.24) is 10.2 Å². The minimum atomic E-state index is 0.446. The molecule has 1 saturated heterocycles. The SMILES string of the molecule is CCCCCN1CCC(=O)CC1.CCCNCCC. The lowest BCUT2D eigenvalue weighted by Gasteiger charge is -2.25. The standard InChI is InChI=1S/C10H19NO.C6H15N/c1-2-3-4-7-11-8-5-10(12)6-9-11;1-3-5-7-6-4-2/h2-9H2,1H3;7H,3-6H2,1-2H3. The number of Topliss-reactive ketones (excluding diaryl/α,β-unsaturated/α-hetero) is 1. The molecule has 0 aliphatic carbocycles. The van der Waals surface area contributed by atoms with E-state index in [4.69, 9.17) is 0 Å². The monoisotopic (exact) mass is 270 g/mol. The number of piperidine rings is 1. The van der Waals surface area contributed by atoms with E-state index in [0.717, 1.165) is 25.9 Å². The van der Waals surface area contributed by atoms with Crippen LogP contribution in [0.4, 0.5) is 0 Å². The van der Waals surface area contributed by atoms with Crippen LogP contribution in [0.1, 0.15) is 65.7 Å². The summed E-state index contributed by atoms with van der Waals surface area (Å²) < 4.78 is 0. The molecule has 3 nitrogen and oxygen atoms in total. The Morgan fingerprint density at radius 2 is 1.53 bits per heavy atom. The fourth-order valence-corrected chi connectivity index (χ4v) is 2.09. The Balaban J connectivity index is 0.000000399. The molecule has 1 N–H and O–H groups in total. The molecule has 114 valence electrons. The fourth-order valence-electron chi connectivity index (χ4n) is 2.09. The minimum absolute atomic E-state index is 0.446. The lowest BCUT2D eigenvalue weighted by molar-refractivity contribution is -0.121. The molecule has 0 spiro atoms. The molecule has 1 aliphatic heterocycles. The van der Waals surface area contributed by atoms with E-state index < -0.39 is 0 Å². The zero-order valence-corrected chi connectivity index (χ0v) is 13.3. The Morgan fingerprint density at radius 1 is 0.947 bits per heavy atom. The van der Waals surface area contributed by atoms with E-state index in [9.17, 15) is 4.79 Å². The molecule has 1 heterocycles. The van der Waals surface area contributed by atoms with Crippen LogP contribution in [-0.4, -0.2) is 43.4 Å². The van der Waals surface area contributed by atoms with Crippen LogP contribution in [0.5, 0.6) is 0 Å². The number of hydrogen-bond donors (Lipinski definition) is 1. The third-order valence-electron chi connectivity index (χ3n) is 3.35. The average Bonchev–Trinajstić information content (AvgIpc) is 2.43. The van der Waals surface area contributed by atoms with Crippen molar-refractivity contribution in [3.05, 3.63) is 0 Å². The Labute approximate surface area is 120 Å². The summed E-state index contributed by atoms with van der Waals surface area (Å²) in [6.45, 7) is 12.1. The van der Waals surface area contributed by atoms with E-state index in [-0.39, 0.29) is 0 Å². The van der Waals surface area contributed by atoms with Gasteiger partial charge in [-0.15, -0.1) is 0 Å². The van der Waals surface area contributed by atoms with Crippen LogP contribution in [0, 0.1) is 0 Å². The van der Waals surface area contributed by atoms with E-state index in [1.807, 2.05) is 0 Å². The van der Waals surface area contributed by atoms with Gasteiger partial charge < -0.3 is 10.2 Å². The third-order valence-corrected chi connectivity index (χ3v) is 3.35. The molecule has 0 aromatic rings. The first kappa shape index (κ1) is 18.6.